The minimum Gasteiger partial charge on any atom is -0.504 e. The summed E-state index contributed by atoms with van der Waals surface area (Å²) in [6, 6.07) is 14.9. The zero-order valence-electron chi connectivity index (χ0n) is 19.3. The van der Waals surface area contributed by atoms with Crippen molar-refractivity contribution < 1.29 is 29.2 Å². The van der Waals surface area contributed by atoms with Crippen molar-refractivity contribution in [3.05, 3.63) is 65.2 Å². The first-order valence-electron chi connectivity index (χ1n) is 10.5. The fourth-order valence-electron chi connectivity index (χ4n) is 4.71. The van der Waals surface area contributed by atoms with Gasteiger partial charge >= 0.3 is 0 Å². The summed E-state index contributed by atoms with van der Waals surface area (Å²) in [5.41, 5.74) is 3.27. The highest BCUT2D eigenvalue weighted by molar-refractivity contribution is 6.15. The van der Waals surface area contributed by atoms with Crippen molar-refractivity contribution >= 4 is 11.4 Å². The maximum atomic E-state index is 10.8. The van der Waals surface area contributed by atoms with Crippen molar-refractivity contribution in [2.75, 3.05) is 28.4 Å². The van der Waals surface area contributed by atoms with Crippen LogP contribution in [-0.2, 0) is 5.41 Å². The molecule has 0 saturated carbocycles. The van der Waals surface area contributed by atoms with Gasteiger partial charge < -0.3 is 29.2 Å². The van der Waals surface area contributed by atoms with Gasteiger partial charge in [-0.05, 0) is 47.9 Å². The number of benzene rings is 3. The van der Waals surface area contributed by atoms with Crippen molar-refractivity contribution in [2.24, 2.45) is 4.99 Å². The first-order chi connectivity index (χ1) is 15.9. The number of aliphatic imine (C=N–C) groups is 1. The minimum absolute atomic E-state index is 0.0291. The Morgan fingerprint density at radius 2 is 1.39 bits per heavy atom. The van der Waals surface area contributed by atoms with E-state index in [4.69, 9.17) is 23.9 Å². The Balaban J connectivity index is 2.03. The molecule has 0 aromatic heterocycles. The van der Waals surface area contributed by atoms with Gasteiger partial charge in [-0.15, -0.1) is 0 Å². The van der Waals surface area contributed by atoms with Gasteiger partial charge in [-0.3, -0.25) is 4.99 Å². The van der Waals surface area contributed by atoms with Crippen LogP contribution in [0.4, 0.5) is 5.69 Å². The number of nitrogens with zero attached hydrogens (tertiary/aromatic N) is 1. The average Bonchev–Trinajstić information content (AvgIpc) is 3.18. The molecule has 4 rings (SSSR count). The van der Waals surface area contributed by atoms with E-state index in [1.54, 1.807) is 18.2 Å². The van der Waals surface area contributed by atoms with Crippen LogP contribution in [0.3, 0.4) is 0 Å². The Hall–Kier alpha value is -3.87. The molecule has 1 aliphatic heterocycles. The molecule has 1 unspecified atom stereocenters. The van der Waals surface area contributed by atoms with E-state index in [-0.39, 0.29) is 23.0 Å². The van der Waals surface area contributed by atoms with Crippen LogP contribution in [0.15, 0.2) is 53.5 Å². The number of rotatable bonds is 7. The third-order valence-corrected chi connectivity index (χ3v) is 6.22. The minimum atomic E-state index is -0.723. The Morgan fingerprint density at radius 1 is 0.788 bits per heavy atom. The molecule has 0 amide bonds. The molecular formula is C26H27NO6. The summed E-state index contributed by atoms with van der Waals surface area (Å²) < 4.78 is 21.6. The lowest BCUT2D eigenvalue weighted by molar-refractivity contribution is 0.331. The molecule has 0 aliphatic carbocycles. The third kappa shape index (κ3) is 3.31. The molecule has 1 heterocycles. The molecular weight excluding hydrogens is 422 g/mol. The van der Waals surface area contributed by atoms with Crippen molar-refractivity contribution in [3.63, 3.8) is 0 Å². The predicted octanol–water partition coefficient (Wildman–Crippen LogP) is 4.96. The standard InChI is InChI=1S/C26H27NO6/c1-6-26(16-13-20(29)24(33-5)22(14-16)31-3)17-9-7-8-10-18(17)27-25(26)15-11-19(28)23(32-4)21(12-15)30-2/h7-14,28-29H,6H2,1-5H3. The Bertz CT molecular complexity index is 1240. The van der Waals surface area contributed by atoms with Crippen LogP contribution in [0.5, 0.6) is 34.5 Å². The highest BCUT2D eigenvalue weighted by atomic mass is 16.5. The van der Waals surface area contributed by atoms with Gasteiger partial charge in [0.25, 0.3) is 0 Å². The molecule has 2 N–H and O–H groups in total. The summed E-state index contributed by atoms with van der Waals surface area (Å²) in [5, 5.41) is 21.4. The van der Waals surface area contributed by atoms with E-state index in [2.05, 4.69) is 6.92 Å². The highest BCUT2D eigenvalue weighted by Gasteiger charge is 2.45. The zero-order valence-corrected chi connectivity index (χ0v) is 19.3. The molecule has 0 fully saturated rings. The van der Waals surface area contributed by atoms with Gasteiger partial charge in [-0.25, -0.2) is 0 Å². The Labute approximate surface area is 192 Å². The summed E-state index contributed by atoms with van der Waals surface area (Å²) in [6.07, 6.45) is 0.632. The van der Waals surface area contributed by atoms with Gasteiger partial charge in [0.1, 0.15) is 0 Å². The van der Waals surface area contributed by atoms with Gasteiger partial charge in [-0.1, -0.05) is 25.1 Å². The van der Waals surface area contributed by atoms with Gasteiger partial charge in [0, 0.05) is 5.56 Å². The van der Waals surface area contributed by atoms with Crippen LogP contribution in [0, 0.1) is 0 Å². The van der Waals surface area contributed by atoms with Crippen LogP contribution >= 0.6 is 0 Å². The lowest BCUT2D eigenvalue weighted by atomic mass is 9.68. The largest absolute Gasteiger partial charge is 0.504 e. The van der Waals surface area contributed by atoms with Gasteiger partial charge in [0.2, 0.25) is 11.5 Å². The molecule has 3 aromatic carbocycles. The first-order valence-corrected chi connectivity index (χ1v) is 10.5. The lowest BCUT2D eigenvalue weighted by Gasteiger charge is -2.33. The number of fused-ring (bicyclic) bond motifs is 1. The van der Waals surface area contributed by atoms with Gasteiger partial charge in [0.05, 0.1) is 45.3 Å². The van der Waals surface area contributed by atoms with Crippen LogP contribution in [0.2, 0.25) is 0 Å². The number of phenols is 2. The maximum Gasteiger partial charge on any atom is 0.203 e. The number of phenolic OH excluding ortho intramolecular Hbond substituents is 2. The van der Waals surface area contributed by atoms with E-state index in [0.717, 1.165) is 16.8 Å². The fourth-order valence-corrected chi connectivity index (χ4v) is 4.71. The molecule has 1 atom stereocenters. The number of hydrogen-bond acceptors (Lipinski definition) is 7. The number of aromatic hydroxyl groups is 2. The topological polar surface area (TPSA) is 89.7 Å². The molecule has 0 radical (unpaired) electrons. The Morgan fingerprint density at radius 3 is 2.00 bits per heavy atom. The molecule has 0 spiro atoms. The molecule has 172 valence electrons. The second-order valence-corrected chi connectivity index (χ2v) is 7.70. The number of methoxy groups -OCH3 is 4. The second-order valence-electron chi connectivity index (χ2n) is 7.70. The van der Waals surface area contributed by atoms with E-state index in [9.17, 15) is 10.2 Å². The fraction of sp³-hybridized carbons (Fsp3) is 0.269. The van der Waals surface area contributed by atoms with Crippen LogP contribution in [0.25, 0.3) is 0 Å². The van der Waals surface area contributed by atoms with Gasteiger partial charge in [-0.2, -0.15) is 0 Å². The van der Waals surface area contributed by atoms with E-state index in [0.29, 0.717) is 29.2 Å². The van der Waals surface area contributed by atoms with E-state index in [1.807, 2.05) is 30.3 Å². The van der Waals surface area contributed by atoms with E-state index in [1.165, 1.54) is 28.4 Å². The molecule has 7 heteroatoms. The third-order valence-electron chi connectivity index (χ3n) is 6.22. The monoisotopic (exact) mass is 449 g/mol. The van der Waals surface area contributed by atoms with Crippen LogP contribution in [0.1, 0.15) is 30.0 Å². The summed E-state index contributed by atoms with van der Waals surface area (Å²) in [6.45, 7) is 2.06. The molecule has 33 heavy (non-hydrogen) atoms. The number of ether oxygens (including phenoxy) is 4. The Kier molecular flexibility index (Phi) is 5.80. The quantitative estimate of drug-likeness (QED) is 0.530. The first kappa shape index (κ1) is 22.3. The van der Waals surface area contributed by atoms with Crippen molar-refractivity contribution in [1.82, 2.24) is 0 Å². The van der Waals surface area contributed by atoms with Crippen molar-refractivity contribution in [2.45, 2.75) is 18.8 Å². The average molecular weight is 450 g/mol. The second kappa shape index (κ2) is 8.58. The molecule has 7 nitrogen and oxygen atoms in total. The maximum absolute atomic E-state index is 10.8. The van der Waals surface area contributed by atoms with Crippen LogP contribution in [-0.4, -0.2) is 44.4 Å². The summed E-state index contributed by atoms with van der Waals surface area (Å²) in [4.78, 5) is 4.98. The van der Waals surface area contributed by atoms with Crippen LogP contribution < -0.4 is 18.9 Å². The lowest BCUT2D eigenvalue weighted by Crippen LogP contribution is -2.34. The van der Waals surface area contributed by atoms with Crippen molar-refractivity contribution in [3.8, 4) is 34.5 Å². The molecule has 3 aromatic rings. The van der Waals surface area contributed by atoms with E-state index >= 15 is 0 Å². The SMILES string of the molecule is CCC1(c2cc(O)c(OC)c(OC)c2)C(c2cc(O)c(OC)c(OC)c2)=Nc2ccccc21. The summed E-state index contributed by atoms with van der Waals surface area (Å²) in [5.74, 6) is 1.25. The summed E-state index contributed by atoms with van der Waals surface area (Å²) >= 11 is 0. The van der Waals surface area contributed by atoms with Gasteiger partial charge in [0.15, 0.2) is 23.0 Å². The normalized spacial score (nSPS) is 16.7. The molecule has 1 aliphatic rings. The smallest absolute Gasteiger partial charge is 0.203 e. The number of para-hydroxylation sites is 1. The predicted molar refractivity (Wildman–Crippen MR) is 126 cm³/mol. The number of hydrogen-bond donors (Lipinski definition) is 2. The molecule has 0 saturated heterocycles. The highest BCUT2D eigenvalue weighted by Crippen LogP contribution is 2.52. The molecule has 0 bridgehead atoms. The zero-order chi connectivity index (χ0) is 23.8. The summed E-state index contributed by atoms with van der Waals surface area (Å²) in [7, 11) is 6.01. The van der Waals surface area contributed by atoms with Crippen molar-refractivity contribution in [1.29, 1.82) is 0 Å². The van der Waals surface area contributed by atoms with E-state index < -0.39 is 5.41 Å².